The van der Waals surface area contributed by atoms with Crippen molar-refractivity contribution in [3.05, 3.63) is 83.9 Å². The molecule has 3 rings (SSSR count). The zero-order valence-corrected chi connectivity index (χ0v) is 20.2. The highest BCUT2D eigenvalue weighted by Gasteiger charge is 2.38. The lowest BCUT2D eigenvalue weighted by molar-refractivity contribution is -0.144. The first kappa shape index (κ1) is 25.1. The minimum absolute atomic E-state index is 0.0376. The monoisotopic (exact) mass is 482 g/mol. The van der Waals surface area contributed by atoms with Gasteiger partial charge in [-0.2, -0.15) is 0 Å². The molecule has 0 aliphatic heterocycles. The van der Waals surface area contributed by atoms with Gasteiger partial charge in [0.25, 0.3) is 0 Å². The predicted molar refractivity (Wildman–Crippen MR) is 130 cm³/mol. The molecule has 0 N–H and O–H groups in total. The Morgan fingerprint density at radius 3 is 1.88 bits per heavy atom. The van der Waals surface area contributed by atoms with Crippen LogP contribution in [0.25, 0.3) is 0 Å². The van der Waals surface area contributed by atoms with Gasteiger partial charge in [-0.25, -0.2) is 0 Å². The highest BCUT2D eigenvalue weighted by Crippen LogP contribution is 2.52. The maximum absolute atomic E-state index is 14.3. The first-order valence-electron chi connectivity index (χ1n) is 10.6. The summed E-state index contributed by atoms with van der Waals surface area (Å²) in [6, 6.07) is 20.7. The number of esters is 1. The topological polar surface area (TPSA) is 88.1 Å². The lowest BCUT2D eigenvalue weighted by atomic mass is 10.2. The van der Waals surface area contributed by atoms with Crippen LogP contribution in [0.1, 0.15) is 22.3 Å². The molecule has 34 heavy (non-hydrogen) atoms. The van der Waals surface area contributed by atoms with Crippen molar-refractivity contribution in [2.24, 2.45) is 0 Å². The quantitative estimate of drug-likeness (QED) is 0.290. The van der Waals surface area contributed by atoms with Gasteiger partial charge in [0.1, 0.15) is 29.4 Å². The third-order valence-corrected chi connectivity index (χ3v) is 8.17. The number of rotatable bonds is 11. The van der Waals surface area contributed by atoms with E-state index >= 15 is 0 Å². The summed E-state index contributed by atoms with van der Waals surface area (Å²) < 4.78 is 35.7. The number of benzene rings is 3. The molecule has 7 nitrogen and oxygen atoms in total. The first-order chi connectivity index (χ1) is 16.4. The lowest BCUT2D eigenvalue weighted by Crippen LogP contribution is -2.19. The van der Waals surface area contributed by atoms with Crippen molar-refractivity contribution < 1.29 is 33.1 Å². The second kappa shape index (κ2) is 11.5. The zero-order valence-electron chi connectivity index (χ0n) is 19.4. The van der Waals surface area contributed by atoms with Gasteiger partial charge in [-0.3, -0.25) is 9.59 Å². The van der Waals surface area contributed by atoms with E-state index in [9.17, 15) is 14.2 Å². The molecule has 178 valence electrons. The van der Waals surface area contributed by atoms with E-state index < -0.39 is 18.6 Å². The second-order valence-corrected chi connectivity index (χ2v) is 10.3. The van der Waals surface area contributed by atoms with Crippen LogP contribution in [0.2, 0.25) is 0 Å². The van der Waals surface area contributed by atoms with E-state index in [2.05, 4.69) is 0 Å². The van der Waals surface area contributed by atoms with E-state index in [4.69, 9.17) is 18.9 Å². The molecule has 8 heteroatoms. The van der Waals surface area contributed by atoms with Crippen LogP contribution in [-0.4, -0.2) is 39.0 Å². The van der Waals surface area contributed by atoms with Crippen LogP contribution in [0.4, 0.5) is 0 Å². The molecule has 0 radical (unpaired) electrons. The summed E-state index contributed by atoms with van der Waals surface area (Å²) in [7, 11) is 0.504. The summed E-state index contributed by atoms with van der Waals surface area (Å²) in [5, 5.41) is 0.343. The largest absolute Gasteiger partial charge is 0.496 e. The van der Waals surface area contributed by atoms with Crippen LogP contribution in [0.3, 0.4) is 0 Å². The highest BCUT2D eigenvalue weighted by molar-refractivity contribution is 7.87. The van der Waals surface area contributed by atoms with Crippen molar-refractivity contribution in [3.8, 4) is 17.2 Å². The summed E-state index contributed by atoms with van der Waals surface area (Å²) in [4.78, 5) is 26.3. The highest BCUT2D eigenvalue weighted by atomic mass is 31.2. The Morgan fingerprint density at radius 2 is 1.35 bits per heavy atom. The van der Waals surface area contributed by atoms with Gasteiger partial charge in [-0.1, -0.05) is 60.7 Å². The third kappa shape index (κ3) is 5.67. The van der Waals surface area contributed by atoms with Crippen molar-refractivity contribution in [2.75, 3.05) is 27.5 Å². The Hall–Kier alpha value is -3.57. The number of hydrogen-bond donors (Lipinski definition) is 0. The van der Waals surface area contributed by atoms with Gasteiger partial charge in [0, 0.05) is 23.6 Å². The fourth-order valence-corrected chi connectivity index (χ4v) is 5.90. The molecule has 0 aromatic heterocycles. The molecule has 0 aliphatic rings. The Bertz CT molecular complexity index is 1150. The van der Waals surface area contributed by atoms with E-state index in [1.165, 1.54) is 33.5 Å². The molecule has 0 aliphatic carbocycles. The molecule has 0 saturated carbocycles. The maximum atomic E-state index is 14.3. The molecule has 1 unspecified atom stereocenters. The molecule has 1 atom stereocenters. The summed E-state index contributed by atoms with van der Waals surface area (Å²) in [6.07, 6.45) is -0.382. The van der Waals surface area contributed by atoms with Gasteiger partial charge in [-0.05, 0) is 5.56 Å². The van der Waals surface area contributed by atoms with Crippen molar-refractivity contribution >= 4 is 23.9 Å². The van der Waals surface area contributed by atoms with Gasteiger partial charge in [0.15, 0.2) is 7.14 Å². The maximum Gasteiger partial charge on any atom is 0.306 e. The predicted octanol–water partition coefficient (Wildman–Crippen LogP) is 4.67. The van der Waals surface area contributed by atoms with Gasteiger partial charge in [0.05, 0.1) is 27.8 Å². The molecule has 0 saturated heterocycles. The number of carbonyl (C=O) groups excluding carboxylic acids is 2. The van der Waals surface area contributed by atoms with Crippen molar-refractivity contribution in [1.82, 2.24) is 0 Å². The summed E-state index contributed by atoms with van der Waals surface area (Å²) in [5.74, 6) is 0.221. The Morgan fingerprint density at radius 1 is 0.794 bits per heavy atom. The van der Waals surface area contributed by atoms with Crippen LogP contribution in [0.15, 0.2) is 72.8 Å². The van der Waals surface area contributed by atoms with E-state index in [0.29, 0.717) is 11.1 Å². The molecule has 0 spiro atoms. The van der Waals surface area contributed by atoms with Crippen LogP contribution >= 0.6 is 7.14 Å². The van der Waals surface area contributed by atoms with Gasteiger partial charge in [0.2, 0.25) is 5.52 Å². The second-order valence-electron chi connectivity index (χ2n) is 7.41. The third-order valence-electron chi connectivity index (χ3n) is 5.30. The van der Waals surface area contributed by atoms with Crippen LogP contribution in [-0.2, 0) is 20.7 Å². The molecular weight excluding hydrogens is 455 g/mol. The fraction of sp³-hybridized carbons (Fsp3) is 0.231. The molecule has 0 bridgehead atoms. The summed E-state index contributed by atoms with van der Waals surface area (Å²) in [6.45, 7) is 0.101. The van der Waals surface area contributed by atoms with Crippen molar-refractivity contribution in [2.45, 2.75) is 13.0 Å². The van der Waals surface area contributed by atoms with Crippen molar-refractivity contribution in [3.63, 3.8) is 0 Å². The zero-order chi connectivity index (χ0) is 24.6. The molecule has 3 aromatic rings. The normalized spacial score (nSPS) is 12.3. The average Bonchev–Trinajstić information content (AvgIpc) is 2.90. The van der Waals surface area contributed by atoms with E-state index in [1.807, 2.05) is 30.3 Å². The van der Waals surface area contributed by atoms with E-state index in [1.54, 1.807) is 30.3 Å². The van der Waals surface area contributed by atoms with Gasteiger partial charge >= 0.3 is 5.97 Å². The van der Waals surface area contributed by atoms with Crippen LogP contribution < -0.4 is 19.5 Å². The van der Waals surface area contributed by atoms with E-state index in [0.717, 1.165) is 5.56 Å². The number of carbonyl (C=O) groups is 2. The summed E-state index contributed by atoms with van der Waals surface area (Å²) >= 11 is 0. The number of hydrogen-bond acceptors (Lipinski definition) is 7. The Balaban J connectivity index is 1.91. The Kier molecular flexibility index (Phi) is 8.50. The number of methoxy groups -OCH3 is 3. The fourth-order valence-electron chi connectivity index (χ4n) is 3.47. The molecule has 0 heterocycles. The average molecular weight is 482 g/mol. The minimum atomic E-state index is -3.78. The lowest BCUT2D eigenvalue weighted by Gasteiger charge is -2.21. The number of ether oxygens (including phenoxy) is 4. The van der Waals surface area contributed by atoms with Gasteiger partial charge in [-0.15, -0.1) is 0 Å². The van der Waals surface area contributed by atoms with Gasteiger partial charge < -0.3 is 23.5 Å². The Labute approximate surface area is 199 Å². The van der Waals surface area contributed by atoms with Crippen molar-refractivity contribution in [1.29, 1.82) is 0 Å². The molecule has 0 amide bonds. The molecule has 0 fully saturated rings. The molecule has 3 aromatic carbocycles. The SMILES string of the molecule is COc1cc(OC)c(C(=O)P(=O)(CCC(=O)OCc2ccccc2)c2ccccc2)c(OC)c1. The standard InChI is InChI=1S/C26H27O7P/c1-30-20-16-22(31-2)25(23(17-20)32-3)26(28)34(29,21-12-8-5-9-13-21)15-14-24(27)33-18-19-10-6-4-7-11-19/h4-13,16-17H,14-15,18H2,1-3H3. The van der Waals surface area contributed by atoms with Crippen LogP contribution in [0, 0.1) is 0 Å². The molecular formula is C26H27O7P. The van der Waals surface area contributed by atoms with Crippen LogP contribution in [0.5, 0.6) is 17.2 Å². The van der Waals surface area contributed by atoms with E-state index in [-0.39, 0.29) is 36.3 Å². The first-order valence-corrected chi connectivity index (χ1v) is 12.5. The minimum Gasteiger partial charge on any atom is -0.496 e. The smallest absolute Gasteiger partial charge is 0.306 e. The summed E-state index contributed by atoms with van der Waals surface area (Å²) in [5.41, 5.74) is 0.215.